The van der Waals surface area contributed by atoms with E-state index in [-0.39, 0.29) is 0 Å². The van der Waals surface area contributed by atoms with Crippen molar-refractivity contribution in [3.8, 4) is 16.9 Å². The minimum atomic E-state index is 0.733. The average Bonchev–Trinajstić information content (AvgIpc) is 2.59. The van der Waals surface area contributed by atoms with Crippen molar-refractivity contribution >= 4 is 11.6 Å². The first kappa shape index (κ1) is 17.8. The van der Waals surface area contributed by atoms with Crippen LogP contribution in [0.1, 0.15) is 32.6 Å². The fourth-order valence-corrected chi connectivity index (χ4v) is 2.60. The minimum Gasteiger partial charge on any atom is -0.493 e. The van der Waals surface area contributed by atoms with Crippen LogP contribution in [0.4, 0.5) is 0 Å². The summed E-state index contributed by atoms with van der Waals surface area (Å²) in [6.45, 7) is 5.13. The van der Waals surface area contributed by atoms with Gasteiger partial charge in [-0.15, -0.1) is 0 Å². The summed E-state index contributed by atoms with van der Waals surface area (Å²) in [7, 11) is 0. The normalized spacial score (nSPS) is 10.7. The Morgan fingerprint density at radius 1 is 0.957 bits per heavy atom. The predicted octanol–water partition coefficient (Wildman–Crippen LogP) is 5.56. The number of unbranched alkanes of at least 4 members (excludes halogenated alkanes) is 2. The summed E-state index contributed by atoms with van der Waals surface area (Å²) in [5, 5.41) is 4.19. The molecule has 0 aliphatic heterocycles. The molecular weight excluding hydrogens is 306 g/mol. The molecule has 3 heteroatoms. The van der Waals surface area contributed by atoms with E-state index in [0.29, 0.717) is 0 Å². The lowest BCUT2D eigenvalue weighted by molar-refractivity contribution is 0.307. The topological polar surface area (TPSA) is 21.3 Å². The van der Waals surface area contributed by atoms with Crippen molar-refractivity contribution in [1.82, 2.24) is 5.32 Å². The number of rotatable bonds is 10. The molecule has 0 aliphatic rings. The van der Waals surface area contributed by atoms with Gasteiger partial charge in [0.25, 0.3) is 0 Å². The van der Waals surface area contributed by atoms with E-state index in [4.69, 9.17) is 16.3 Å². The van der Waals surface area contributed by atoms with E-state index < -0.39 is 0 Å². The zero-order valence-electron chi connectivity index (χ0n) is 13.9. The van der Waals surface area contributed by atoms with Gasteiger partial charge >= 0.3 is 0 Å². The second-order valence-electron chi connectivity index (χ2n) is 5.67. The molecule has 0 amide bonds. The molecule has 0 radical (unpaired) electrons. The monoisotopic (exact) mass is 331 g/mol. The lowest BCUT2D eigenvalue weighted by Gasteiger charge is -2.12. The maximum absolute atomic E-state index is 6.15. The van der Waals surface area contributed by atoms with Gasteiger partial charge in [0, 0.05) is 10.6 Å². The molecule has 124 valence electrons. The highest BCUT2D eigenvalue weighted by Gasteiger charge is 2.07. The summed E-state index contributed by atoms with van der Waals surface area (Å²) >= 11 is 6.15. The van der Waals surface area contributed by atoms with Crippen molar-refractivity contribution < 1.29 is 4.74 Å². The van der Waals surface area contributed by atoms with Crippen LogP contribution in [0.15, 0.2) is 48.5 Å². The Kier molecular flexibility index (Phi) is 7.99. The molecule has 0 spiro atoms. The molecule has 0 aromatic heterocycles. The average molecular weight is 332 g/mol. The molecule has 0 fully saturated rings. The zero-order valence-corrected chi connectivity index (χ0v) is 14.6. The fraction of sp³-hybridized carbons (Fsp3) is 0.400. The molecule has 0 atom stereocenters. The number of halogens is 1. The first-order chi connectivity index (χ1) is 11.3. The van der Waals surface area contributed by atoms with Gasteiger partial charge < -0.3 is 10.1 Å². The first-order valence-corrected chi connectivity index (χ1v) is 8.87. The highest BCUT2D eigenvalue weighted by Crippen LogP contribution is 2.32. The van der Waals surface area contributed by atoms with Crippen molar-refractivity contribution in [2.75, 3.05) is 19.7 Å². The van der Waals surface area contributed by atoms with E-state index in [1.165, 1.54) is 12.8 Å². The van der Waals surface area contributed by atoms with Crippen molar-refractivity contribution in [2.45, 2.75) is 32.6 Å². The predicted molar refractivity (Wildman–Crippen MR) is 99.4 cm³/mol. The maximum Gasteiger partial charge on any atom is 0.127 e. The third-order valence-electron chi connectivity index (χ3n) is 3.74. The van der Waals surface area contributed by atoms with Crippen LogP contribution in [0.5, 0.6) is 5.75 Å². The van der Waals surface area contributed by atoms with E-state index in [2.05, 4.69) is 24.4 Å². The number of hydrogen-bond donors (Lipinski definition) is 1. The highest BCUT2D eigenvalue weighted by molar-refractivity contribution is 6.31. The molecule has 2 aromatic carbocycles. The van der Waals surface area contributed by atoms with Crippen LogP contribution in [0.3, 0.4) is 0 Å². The summed E-state index contributed by atoms with van der Waals surface area (Å²) in [6.07, 6.45) is 4.69. The van der Waals surface area contributed by atoms with Gasteiger partial charge in [0.2, 0.25) is 0 Å². The van der Waals surface area contributed by atoms with Gasteiger partial charge in [-0.2, -0.15) is 0 Å². The van der Waals surface area contributed by atoms with Gasteiger partial charge in [-0.1, -0.05) is 55.3 Å². The molecule has 0 saturated carbocycles. The zero-order chi connectivity index (χ0) is 16.3. The summed E-state index contributed by atoms with van der Waals surface area (Å²) in [5.41, 5.74) is 2.19. The van der Waals surface area contributed by atoms with Crippen LogP contribution in [-0.2, 0) is 0 Å². The largest absolute Gasteiger partial charge is 0.493 e. The van der Waals surface area contributed by atoms with E-state index in [0.717, 1.165) is 54.4 Å². The molecule has 23 heavy (non-hydrogen) atoms. The molecule has 0 aliphatic carbocycles. The van der Waals surface area contributed by atoms with Crippen LogP contribution in [-0.4, -0.2) is 19.7 Å². The third-order valence-corrected chi connectivity index (χ3v) is 3.97. The van der Waals surface area contributed by atoms with Crippen molar-refractivity contribution in [2.24, 2.45) is 0 Å². The molecule has 2 rings (SSSR count). The summed E-state index contributed by atoms with van der Waals surface area (Å²) < 4.78 is 5.99. The molecule has 2 aromatic rings. The molecular formula is C20H26ClNO. The van der Waals surface area contributed by atoms with Gasteiger partial charge in [-0.3, -0.25) is 0 Å². The number of nitrogens with one attached hydrogen (secondary N) is 1. The summed E-state index contributed by atoms with van der Waals surface area (Å²) in [6, 6.07) is 16.1. The standard InChI is InChI=1S/C20H26ClNO/c1-2-3-13-22-14-7-8-15-23-20-12-11-18(21)16-19(20)17-9-5-4-6-10-17/h4-6,9-12,16,22H,2-3,7-8,13-15H2,1H3. The fourth-order valence-electron chi connectivity index (χ4n) is 2.43. The van der Waals surface area contributed by atoms with Crippen LogP contribution in [0, 0.1) is 0 Å². The van der Waals surface area contributed by atoms with Gasteiger partial charge in [-0.25, -0.2) is 0 Å². The van der Waals surface area contributed by atoms with Crippen molar-refractivity contribution in [1.29, 1.82) is 0 Å². The van der Waals surface area contributed by atoms with E-state index in [1.54, 1.807) is 0 Å². The number of ether oxygens (including phenoxy) is 1. The first-order valence-electron chi connectivity index (χ1n) is 8.49. The smallest absolute Gasteiger partial charge is 0.127 e. The Hall–Kier alpha value is -1.51. The second-order valence-corrected chi connectivity index (χ2v) is 6.10. The molecule has 0 bridgehead atoms. The Morgan fingerprint density at radius 3 is 2.52 bits per heavy atom. The highest BCUT2D eigenvalue weighted by atomic mass is 35.5. The van der Waals surface area contributed by atoms with Gasteiger partial charge in [0.1, 0.15) is 5.75 Å². The molecule has 0 heterocycles. The van der Waals surface area contributed by atoms with Crippen LogP contribution >= 0.6 is 11.6 Å². The summed E-state index contributed by atoms with van der Waals surface area (Å²) in [5.74, 6) is 0.902. The molecule has 0 saturated heterocycles. The Balaban J connectivity index is 1.83. The third kappa shape index (κ3) is 6.25. The maximum atomic E-state index is 6.15. The lowest BCUT2D eigenvalue weighted by atomic mass is 10.0. The Bertz CT molecular complexity index is 571. The quantitative estimate of drug-likeness (QED) is 0.576. The SMILES string of the molecule is CCCCNCCCCOc1ccc(Cl)cc1-c1ccccc1. The second kappa shape index (κ2) is 10.3. The Labute approximate surface area is 144 Å². The van der Waals surface area contributed by atoms with Crippen LogP contribution in [0.25, 0.3) is 11.1 Å². The van der Waals surface area contributed by atoms with Crippen LogP contribution in [0.2, 0.25) is 5.02 Å². The van der Waals surface area contributed by atoms with Gasteiger partial charge in [0.15, 0.2) is 0 Å². The molecule has 2 nitrogen and oxygen atoms in total. The molecule has 0 unspecified atom stereocenters. The minimum absolute atomic E-state index is 0.733. The van der Waals surface area contributed by atoms with E-state index in [9.17, 15) is 0 Å². The number of hydrogen-bond acceptors (Lipinski definition) is 2. The molecule has 1 N–H and O–H groups in total. The van der Waals surface area contributed by atoms with Crippen molar-refractivity contribution in [3.05, 3.63) is 53.6 Å². The lowest BCUT2D eigenvalue weighted by Crippen LogP contribution is -2.17. The van der Waals surface area contributed by atoms with E-state index in [1.807, 2.05) is 36.4 Å². The van der Waals surface area contributed by atoms with E-state index >= 15 is 0 Å². The number of benzene rings is 2. The van der Waals surface area contributed by atoms with Gasteiger partial charge in [0.05, 0.1) is 6.61 Å². The van der Waals surface area contributed by atoms with Gasteiger partial charge in [-0.05, 0) is 56.1 Å². The van der Waals surface area contributed by atoms with Crippen LogP contribution < -0.4 is 10.1 Å². The van der Waals surface area contributed by atoms with Crippen molar-refractivity contribution in [3.63, 3.8) is 0 Å². The Morgan fingerprint density at radius 2 is 1.74 bits per heavy atom. The summed E-state index contributed by atoms with van der Waals surface area (Å²) in [4.78, 5) is 0.